The van der Waals surface area contributed by atoms with Crippen LogP contribution in [0, 0.1) is 0 Å². The third-order valence-corrected chi connectivity index (χ3v) is 4.02. The molecule has 0 unspecified atom stereocenters. The number of aliphatic carboxylic acids is 2. The second-order valence-electron chi connectivity index (χ2n) is 6.50. The number of hydrogen-bond donors (Lipinski definition) is 3. The number of benzene rings is 2. The van der Waals surface area contributed by atoms with E-state index in [4.69, 9.17) is 15.9 Å². The van der Waals surface area contributed by atoms with Crippen molar-refractivity contribution in [3.05, 3.63) is 41.5 Å². The molecule has 0 bridgehead atoms. The average molecular weight is 387 g/mol. The van der Waals surface area contributed by atoms with E-state index >= 15 is 0 Å². The van der Waals surface area contributed by atoms with Crippen molar-refractivity contribution in [1.29, 1.82) is 0 Å². The van der Waals surface area contributed by atoms with Crippen molar-refractivity contribution >= 4 is 40.2 Å². The number of carbonyl (C=O) groups is 4. The lowest BCUT2D eigenvalue weighted by Crippen LogP contribution is -2.43. The van der Waals surface area contributed by atoms with E-state index in [-0.39, 0.29) is 11.8 Å². The van der Waals surface area contributed by atoms with Crippen molar-refractivity contribution in [2.45, 2.75) is 6.42 Å². The van der Waals surface area contributed by atoms with Gasteiger partial charge in [0.25, 0.3) is 11.8 Å². The van der Waals surface area contributed by atoms with Crippen LogP contribution in [0.25, 0.3) is 10.8 Å². The topological polar surface area (TPSA) is 141 Å². The highest BCUT2D eigenvalue weighted by Gasteiger charge is 2.32. The first-order valence-corrected chi connectivity index (χ1v) is 8.38. The molecule has 1 aliphatic heterocycles. The standard InChI is InChI=1S/C16H17N3O2.C3H4O4/c1-18(2)6-7-19-15(20)12-5-3-4-10-8-11(17)9-13(14(10)12)16(19)21;4-2(5)1-3(6)7/h3-5,8-9H,6-7,17H2,1-2H3;1H2,(H,4,5)(H,6,7). The van der Waals surface area contributed by atoms with Crippen LogP contribution in [0.4, 0.5) is 5.69 Å². The van der Waals surface area contributed by atoms with Crippen LogP contribution < -0.4 is 5.73 Å². The number of rotatable bonds is 5. The number of carboxylic acid groups (broad SMARTS) is 2. The molecule has 1 heterocycles. The number of hydrogen-bond acceptors (Lipinski definition) is 6. The second-order valence-corrected chi connectivity index (χ2v) is 6.50. The molecule has 3 rings (SSSR count). The molecule has 0 saturated heterocycles. The van der Waals surface area contributed by atoms with Gasteiger partial charge >= 0.3 is 11.9 Å². The van der Waals surface area contributed by atoms with E-state index in [9.17, 15) is 19.2 Å². The molecule has 0 fully saturated rings. The van der Waals surface area contributed by atoms with Crippen LogP contribution in [-0.4, -0.2) is 71.0 Å². The Morgan fingerprint density at radius 3 is 2.18 bits per heavy atom. The maximum Gasteiger partial charge on any atom is 0.314 e. The Morgan fingerprint density at radius 2 is 1.64 bits per heavy atom. The second kappa shape index (κ2) is 8.49. The zero-order valence-electron chi connectivity index (χ0n) is 15.5. The molecule has 148 valence electrons. The smallest absolute Gasteiger partial charge is 0.314 e. The maximum absolute atomic E-state index is 12.6. The molecule has 0 aliphatic carbocycles. The van der Waals surface area contributed by atoms with E-state index in [1.807, 2.05) is 31.1 Å². The highest BCUT2D eigenvalue weighted by atomic mass is 16.4. The highest BCUT2D eigenvalue weighted by Crippen LogP contribution is 2.31. The van der Waals surface area contributed by atoms with Crippen LogP contribution in [0.1, 0.15) is 27.1 Å². The Bertz CT molecular complexity index is 942. The molecule has 0 radical (unpaired) electrons. The van der Waals surface area contributed by atoms with Crippen molar-refractivity contribution in [2.24, 2.45) is 0 Å². The fourth-order valence-electron chi connectivity index (χ4n) is 2.81. The van der Waals surface area contributed by atoms with Gasteiger partial charge in [-0.25, -0.2) is 0 Å². The Hall–Kier alpha value is -3.46. The molecule has 2 aromatic carbocycles. The molecule has 28 heavy (non-hydrogen) atoms. The van der Waals surface area contributed by atoms with Crippen LogP contribution in [0.15, 0.2) is 30.3 Å². The molecule has 9 heteroatoms. The van der Waals surface area contributed by atoms with E-state index < -0.39 is 18.4 Å². The minimum absolute atomic E-state index is 0.232. The van der Waals surface area contributed by atoms with Crippen molar-refractivity contribution < 1.29 is 29.4 Å². The molecule has 0 spiro atoms. The predicted molar refractivity (Wildman–Crippen MR) is 102 cm³/mol. The molecule has 0 aromatic heterocycles. The summed E-state index contributed by atoms with van der Waals surface area (Å²) >= 11 is 0. The quantitative estimate of drug-likeness (QED) is 0.394. The third kappa shape index (κ3) is 4.63. The molecular weight excluding hydrogens is 366 g/mol. The summed E-state index contributed by atoms with van der Waals surface area (Å²) in [6.45, 7) is 1.00. The van der Waals surface area contributed by atoms with Crippen molar-refractivity contribution in [3.8, 4) is 0 Å². The zero-order chi connectivity index (χ0) is 21.0. The van der Waals surface area contributed by atoms with Gasteiger partial charge in [-0.05, 0) is 37.7 Å². The summed E-state index contributed by atoms with van der Waals surface area (Å²) in [6, 6.07) is 8.90. The number of likely N-dealkylation sites (N-methyl/N-ethyl adjacent to an activating group) is 1. The lowest BCUT2D eigenvalue weighted by molar-refractivity contribution is -0.147. The Kier molecular flexibility index (Phi) is 6.32. The molecule has 1 aliphatic rings. The maximum atomic E-state index is 12.6. The largest absolute Gasteiger partial charge is 0.481 e. The van der Waals surface area contributed by atoms with E-state index in [1.54, 1.807) is 18.2 Å². The van der Waals surface area contributed by atoms with E-state index in [0.29, 0.717) is 35.3 Å². The van der Waals surface area contributed by atoms with E-state index in [0.717, 1.165) is 5.39 Å². The fraction of sp³-hybridized carbons (Fsp3) is 0.263. The normalized spacial score (nSPS) is 12.8. The molecule has 0 saturated carbocycles. The van der Waals surface area contributed by atoms with Crippen molar-refractivity contribution in [3.63, 3.8) is 0 Å². The average Bonchev–Trinajstić information content (AvgIpc) is 2.58. The SMILES string of the molecule is CN(C)CCN1C(=O)c2cccc3cc(N)cc(c23)C1=O.O=C(O)CC(=O)O. The molecule has 9 nitrogen and oxygen atoms in total. The summed E-state index contributed by atoms with van der Waals surface area (Å²) in [5.74, 6) is -3.12. The Balaban J connectivity index is 0.000000345. The van der Waals surface area contributed by atoms with Crippen molar-refractivity contribution in [1.82, 2.24) is 9.80 Å². The fourth-order valence-corrected chi connectivity index (χ4v) is 2.81. The molecule has 2 amide bonds. The summed E-state index contributed by atoms with van der Waals surface area (Å²) in [5, 5.41) is 16.9. The number of nitrogen functional groups attached to an aromatic ring is 1. The highest BCUT2D eigenvalue weighted by molar-refractivity contribution is 6.25. The predicted octanol–water partition coefficient (Wildman–Crippen LogP) is 1.13. The first-order valence-electron chi connectivity index (χ1n) is 8.38. The Labute approximate surface area is 160 Å². The molecule has 0 atom stereocenters. The number of nitrogens with two attached hydrogens (primary N) is 1. The van der Waals surface area contributed by atoms with Crippen LogP contribution in [0.3, 0.4) is 0 Å². The van der Waals surface area contributed by atoms with Gasteiger partial charge in [-0.2, -0.15) is 0 Å². The third-order valence-electron chi connectivity index (χ3n) is 4.02. The first-order chi connectivity index (χ1) is 13.1. The summed E-state index contributed by atoms with van der Waals surface area (Å²) in [6.07, 6.45) is -0.806. The number of imide groups is 1. The number of amides is 2. The van der Waals surface area contributed by atoms with Crippen LogP contribution >= 0.6 is 0 Å². The van der Waals surface area contributed by atoms with Gasteiger partial charge in [0.1, 0.15) is 6.42 Å². The van der Waals surface area contributed by atoms with Gasteiger partial charge in [-0.1, -0.05) is 12.1 Å². The van der Waals surface area contributed by atoms with Gasteiger partial charge < -0.3 is 20.8 Å². The van der Waals surface area contributed by atoms with Gasteiger partial charge in [0.2, 0.25) is 0 Å². The molecule has 4 N–H and O–H groups in total. The lowest BCUT2D eigenvalue weighted by Gasteiger charge is -2.28. The van der Waals surface area contributed by atoms with Gasteiger partial charge in [-0.3, -0.25) is 24.1 Å². The number of nitrogens with zero attached hydrogens (tertiary/aromatic N) is 2. The van der Waals surface area contributed by atoms with Gasteiger partial charge in [0.15, 0.2) is 0 Å². The zero-order valence-corrected chi connectivity index (χ0v) is 15.5. The minimum Gasteiger partial charge on any atom is -0.481 e. The van der Waals surface area contributed by atoms with Crippen LogP contribution in [0.5, 0.6) is 0 Å². The first kappa shape index (κ1) is 20.8. The van der Waals surface area contributed by atoms with Gasteiger partial charge in [0, 0.05) is 29.7 Å². The number of carboxylic acids is 2. The Morgan fingerprint density at radius 1 is 1.04 bits per heavy atom. The summed E-state index contributed by atoms with van der Waals surface area (Å²) in [5.41, 5.74) is 7.49. The minimum atomic E-state index is -1.31. The van der Waals surface area contributed by atoms with Gasteiger partial charge in [-0.15, -0.1) is 0 Å². The summed E-state index contributed by atoms with van der Waals surface area (Å²) in [4.78, 5) is 47.3. The molecule has 2 aromatic rings. The van der Waals surface area contributed by atoms with E-state index in [2.05, 4.69) is 0 Å². The molecular formula is C19H21N3O6. The van der Waals surface area contributed by atoms with E-state index in [1.165, 1.54) is 4.90 Å². The lowest BCUT2D eigenvalue weighted by atomic mass is 9.93. The van der Waals surface area contributed by atoms with Crippen LogP contribution in [0.2, 0.25) is 0 Å². The monoisotopic (exact) mass is 387 g/mol. The van der Waals surface area contributed by atoms with Crippen LogP contribution in [-0.2, 0) is 9.59 Å². The summed E-state index contributed by atoms with van der Waals surface area (Å²) < 4.78 is 0. The summed E-state index contributed by atoms with van der Waals surface area (Å²) in [7, 11) is 3.82. The van der Waals surface area contributed by atoms with Gasteiger partial charge in [0.05, 0.1) is 5.56 Å². The number of carbonyl (C=O) groups excluding carboxylic acids is 2. The van der Waals surface area contributed by atoms with Crippen molar-refractivity contribution in [2.75, 3.05) is 32.9 Å². The number of anilines is 1.